The van der Waals surface area contributed by atoms with Crippen LogP contribution >= 0.6 is 11.8 Å². The van der Waals surface area contributed by atoms with E-state index in [1.165, 1.54) is 17.4 Å². The third kappa shape index (κ3) is 24.1. The highest BCUT2D eigenvalue weighted by Crippen LogP contribution is 2.33. The minimum Gasteiger partial charge on any atom is -0.379 e. The van der Waals surface area contributed by atoms with Crippen molar-refractivity contribution >= 4 is 71.0 Å². The Balaban J connectivity index is 0.953. The number of aryl methyl sites for hydroxylation is 2. The lowest BCUT2D eigenvalue weighted by molar-refractivity contribution is -0.140. The number of nitrogens with zero attached hydrogens (tertiary/aromatic N) is 5. The largest absolute Gasteiger partial charge is 0.379 e. The molecule has 30 nitrogen and oxygen atoms in total. The fourth-order valence-electron chi connectivity index (χ4n) is 10.5. The van der Waals surface area contributed by atoms with E-state index in [0.29, 0.717) is 134 Å². The highest BCUT2D eigenvalue weighted by Gasteiger charge is 2.43. The average molecular weight is 1230 g/mol. The number of amides is 11. The van der Waals surface area contributed by atoms with Crippen LogP contribution in [0.25, 0.3) is 0 Å². The maximum absolute atomic E-state index is 14.1. The highest BCUT2D eigenvalue weighted by molar-refractivity contribution is 8.00. The van der Waals surface area contributed by atoms with Gasteiger partial charge in [-0.25, -0.2) is 9.78 Å². The van der Waals surface area contributed by atoms with Crippen LogP contribution in [0.2, 0.25) is 0 Å². The molecular formula is C55H89N17O13S. The van der Waals surface area contributed by atoms with E-state index in [-0.39, 0.29) is 82.1 Å². The molecule has 14 N–H and O–H groups in total. The summed E-state index contributed by atoms with van der Waals surface area (Å²) in [6.45, 7) is 3.43. The Morgan fingerprint density at radius 2 is 1.42 bits per heavy atom. The molecule has 2 aromatic heterocycles. The van der Waals surface area contributed by atoms with Gasteiger partial charge in [-0.2, -0.15) is 11.8 Å². The van der Waals surface area contributed by atoms with Crippen LogP contribution in [0.4, 0.5) is 4.79 Å². The van der Waals surface area contributed by atoms with E-state index in [0.717, 1.165) is 25.0 Å². The number of carbonyl (C=O) groups is 10. The van der Waals surface area contributed by atoms with Crippen LogP contribution in [0, 0.1) is 0 Å². The van der Waals surface area contributed by atoms with Crippen LogP contribution in [0.3, 0.4) is 0 Å². The molecule has 0 spiro atoms. The first-order valence-corrected chi connectivity index (χ1v) is 31.3. The van der Waals surface area contributed by atoms with Crippen molar-refractivity contribution in [2.75, 3.05) is 78.1 Å². The van der Waals surface area contributed by atoms with Crippen molar-refractivity contribution in [3.63, 3.8) is 0 Å². The van der Waals surface area contributed by atoms with E-state index in [1.54, 1.807) is 10.9 Å². The van der Waals surface area contributed by atoms with Gasteiger partial charge < -0.3 is 83.4 Å². The number of imidazole rings is 1. The lowest BCUT2D eigenvalue weighted by atomic mass is 10.0. The summed E-state index contributed by atoms with van der Waals surface area (Å²) in [6, 6.07) is -5.37. The Labute approximate surface area is 504 Å². The number of urea groups is 1. The van der Waals surface area contributed by atoms with E-state index in [4.69, 9.17) is 25.7 Å². The van der Waals surface area contributed by atoms with E-state index >= 15 is 0 Å². The van der Waals surface area contributed by atoms with Gasteiger partial charge in [-0.15, -0.1) is 5.10 Å². The number of hydrogen-bond acceptors (Lipinski definition) is 18. The van der Waals surface area contributed by atoms with Crippen LogP contribution in [0.1, 0.15) is 121 Å². The maximum Gasteiger partial charge on any atom is 0.315 e. The number of ether oxygens (including phenoxy) is 3. The minimum atomic E-state index is -1.29. The fraction of sp³-hybridized carbons (Fsp3) is 0.727. The first kappa shape index (κ1) is 68.2. The lowest BCUT2D eigenvalue weighted by Crippen LogP contribution is -2.58. The number of nitrogens with one attached hydrogen (secondary N) is 10. The quantitative estimate of drug-likeness (QED) is 0.0298. The molecule has 4 aliphatic heterocycles. The molecule has 2 aromatic rings. The fourth-order valence-corrected chi connectivity index (χ4v) is 12.0. The molecule has 6 heterocycles. The van der Waals surface area contributed by atoms with Crippen molar-refractivity contribution in [2.45, 2.75) is 176 Å². The predicted octanol–water partition coefficient (Wildman–Crippen LogP) is -2.41. The molecule has 3 fully saturated rings. The first-order chi connectivity index (χ1) is 41.7. The average Bonchev–Trinajstić information content (AvgIpc) is 3.02. The molecule has 0 aliphatic carbocycles. The molecule has 2 bridgehead atoms. The van der Waals surface area contributed by atoms with Gasteiger partial charge in [0, 0.05) is 94.9 Å². The highest BCUT2D eigenvalue weighted by atomic mass is 32.2. The van der Waals surface area contributed by atoms with Gasteiger partial charge in [0.1, 0.15) is 30.2 Å². The Hall–Kier alpha value is -6.96. The summed E-state index contributed by atoms with van der Waals surface area (Å²) < 4.78 is 18.6. The SMILES string of the molecule is NCCCC[C@@H]1NC(=O)[C@H](CCC(N)=O)NC(=O)CCc2cn(nn2)CCCC[C@@H](C(=O)NCCCOCCOCCOCCCNC(=O)CCCC[C@H]2SC[C@H]3NC(=O)N[C@H]32)NC(=O)C2CCCN2C(=O)CNC(=O)[C@H](Cc2c[nH]cn2)NC1=O. The third-order valence-corrected chi connectivity index (χ3v) is 16.6. The van der Waals surface area contributed by atoms with E-state index in [1.807, 2.05) is 11.8 Å². The molecule has 0 radical (unpaired) electrons. The second-order valence-electron chi connectivity index (χ2n) is 21.8. The number of aromatic amines is 1. The molecule has 3 saturated heterocycles. The number of carbonyl (C=O) groups excluding carboxylic acids is 10. The van der Waals surface area contributed by atoms with Crippen LogP contribution in [-0.4, -0.2) is 215 Å². The summed E-state index contributed by atoms with van der Waals surface area (Å²) in [5, 5.41) is 34.1. The van der Waals surface area contributed by atoms with Crippen LogP contribution in [0.5, 0.6) is 0 Å². The number of primary amides is 1. The van der Waals surface area contributed by atoms with E-state index in [2.05, 4.69) is 68.1 Å². The second-order valence-corrected chi connectivity index (χ2v) is 23.1. The molecule has 1 unspecified atom stereocenters. The number of rotatable bonds is 29. The number of fused-ring (bicyclic) bond motifs is 4. The summed E-state index contributed by atoms with van der Waals surface area (Å²) in [5.74, 6) is -4.05. The first-order valence-electron chi connectivity index (χ1n) is 30.3. The van der Waals surface area contributed by atoms with Crippen molar-refractivity contribution < 1.29 is 62.2 Å². The van der Waals surface area contributed by atoms with E-state index in [9.17, 15) is 47.9 Å². The summed E-state index contributed by atoms with van der Waals surface area (Å²) in [5.41, 5.74) is 12.1. The smallest absolute Gasteiger partial charge is 0.315 e. The zero-order valence-electron chi connectivity index (χ0n) is 49.1. The molecule has 8 atom stereocenters. The van der Waals surface area contributed by atoms with Gasteiger partial charge in [0.15, 0.2) is 0 Å². The minimum absolute atomic E-state index is 0.0242. The number of H-pyrrole nitrogens is 1. The predicted molar refractivity (Wildman–Crippen MR) is 313 cm³/mol. The van der Waals surface area contributed by atoms with Crippen LogP contribution in [-0.2, 0) is 76.7 Å². The van der Waals surface area contributed by atoms with E-state index < -0.39 is 84.0 Å². The molecule has 6 rings (SSSR count). The summed E-state index contributed by atoms with van der Waals surface area (Å²) in [7, 11) is 0. The van der Waals surface area contributed by atoms with Gasteiger partial charge >= 0.3 is 6.03 Å². The van der Waals surface area contributed by atoms with Crippen molar-refractivity contribution in [1.29, 1.82) is 0 Å². The summed E-state index contributed by atoms with van der Waals surface area (Å²) >= 11 is 1.88. The number of thioether (sulfide) groups is 1. The van der Waals surface area contributed by atoms with Crippen molar-refractivity contribution in [2.24, 2.45) is 11.5 Å². The molecular weight excluding hydrogens is 1140 g/mol. The van der Waals surface area contributed by atoms with Crippen molar-refractivity contribution in [3.05, 3.63) is 30.1 Å². The molecule has 11 amide bonds. The number of hydrogen-bond donors (Lipinski definition) is 12. The Bertz CT molecular complexity index is 2510. The normalized spacial score (nSPS) is 23.8. The lowest BCUT2D eigenvalue weighted by Gasteiger charge is -2.27. The zero-order valence-corrected chi connectivity index (χ0v) is 49.9. The maximum atomic E-state index is 14.1. The second kappa shape index (κ2) is 37.6. The van der Waals surface area contributed by atoms with Gasteiger partial charge in [0.25, 0.3) is 0 Å². The summed E-state index contributed by atoms with van der Waals surface area (Å²) in [6.07, 6.45) is 11.6. The van der Waals surface area contributed by atoms with Gasteiger partial charge in [0.2, 0.25) is 53.2 Å². The molecule has 4 aliphatic rings. The van der Waals surface area contributed by atoms with Gasteiger partial charge in [0.05, 0.1) is 62.8 Å². The van der Waals surface area contributed by atoms with Gasteiger partial charge in [-0.05, 0) is 90.0 Å². The Morgan fingerprint density at radius 1 is 0.698 bits per heavy atom. The Morgan fingerprint density at radius 3 is 2.15 bits per heavy atom. The number of aromatic nitrogens is 5. The number of nitrogens with two attached hydrogens (primary N) is 2. The van der Waals surface area contributed by atoms with Gasteiger partial charge in [-0.1, -0.05) is 11.6 Å². The third-order valence-electron chi connectivity index (χ3n) is 15.1. The van der Waals surface area contributed by atoms with Crippen LogP contribution < -0.4 is 59.3 Å². The zero-order chi connectivity index (χ0) is 61.5. The monoisotopic (exact) mass is 1230 g/mol. The molecule has 0 aromatic carbocycles. The van der Waals surface area contributed by atoms with Crippen molar-refractivity contribution in [1.82, 2.24) is 77.7 Å². The molecule has 31 heteroatoms. The van der Waals surface area contributed by atoms with Crippen LogP contribution in [0.15, 0.2) is 18.7 Å². The molecule has 86 heavy (non-hydrogen) atoms. The Kier molecular flexibility index (Phi) is 29.8. The van der Waals surface area contributed by atoms with Gasteiger partial charge in [-0.3, -0.25) is 47.8 Å². The summed E-state index contributed by atoms with van der Waals surface area (Å²) in [4.78, 5) is 141. The number of unbranched alkanes of at least 4 members (excludes halogenated alkanes) is 2. The molecule has 478 valence electrons. The van der Waals surface area contributed by atoms with Crippen molar-refractivity contribution in [3.8, 4) is 0 Å². The topological polar surface area (TPSA) is 421 Å². The standard InChI is InChI=1S/C55H89N17O13S/c56-19-5-3-10-39-52(79)66-41(30-37-31-58-35-62-37)51(78)61-32-48(76)72-23-7-12-43(72)54(81)65-38(11-4-6-22-71-33-36(69-70-71)15-18-47(75)63-40(53(80)64-39)16-17-45(57)73)50(77)60-21-9-25-84-27-29-85-28-26-83-24-8-20-59-46(74)14-2-1-13-44-49-42(34-86-44)67-55(82)68-49/h31,33,35,38-44,49H,1-30,32,34,56H2,(H2,57,73)(H,58,62)(H,59,74)(H,60,77)(H,61,78)(H,63,75)(H,64,80)(H,65,81)(H,66,79)(H2,67,68,82)/t38-,39-,40-,41-,42+,43?,44+,49+/m0/s1. The molecule has 0 saturated carbocycles.